The summed E-state index contributed by atoms with van der Waals surface area (Å²) >= 11 is 0. The number of benzene rings is 13. The van der Waals surface area contributed by atoms with Gasteiger partial charge in [0.1, 0.15) is 0 Å². The molecule has 2 aliphatic carbocycles. The highest BCUT2D eigenvalue weighted by Crippen LogP contribution is 2.63. The van der Waals surface area contributed by atoms with Gasteiger partial charge in [-0.05, 0) is 161 Å². The molecule has 13 aromatic carbocycles. The molecular weight excluding hydrogens is 1040 g/mol. The summed E-state index contributed by atoms with van der Waals surface area (Å²) in [7, 11) is 0. The van der Waals surface area contributed by atoms with Crippen LogP contribution in [0.5, 0.6) is 0 Å². The molecule has 17 rings (SSSR count). The van der Waals surface area contributed by atoms with Crippen molar-refractivity contribution in [2.45, 2.75) is 5.41 Å². The van der Waals surface area contributed by atoms with E-state index in [1.54, 1.807) is 0 Å². The molecule has 4 heteroatoms. The number of aromatic nitrogens is 4. The van der Waals surface area contributed by atoms with Crippen LogP contribution < -0.4 is 0 Å². The summed E-state index contributed by atoms with van der Waals surface area (Å²) in [4.78, 5) is 15.9. The van der Waals surface area contributed by atoms with E-state index in [0.717, 1.165) is 66.8 Å². The van der Waals surface area contributed by atoms with Crippen LogP contribution in [0.3, 0.4) is 0 Å². The molecule has 0 amide bonds. The van der Waals surface area contributed by atoms with Gasteiger partial charge in [-0.2, -0.15) is 0 Å². The number of fused-ring (bicyclic) bond motifs is 13. The van der Waals surface area contributed by atoms with Gasteiger partial charge in [0.25, 0.3) is 0 Å². The average molecular weight is 1090 g/mol. The molecule has 2 heterocycles. The van der Waals surface area contributed by atoms with Crippen molar-refractivity contribution < 1.29 is 0 Å². The SMILES string of the molecule is c1ccc(-c2cc(-c3ccccc3)cc(-c3cccc(-c4nc(-c5ccccc5)nc(-c5cccc(-c6cccc7c6c6cc(-c8ccccc8)ccc6n7-c6ccc7c(c6)C6(c8ccccc8-c8ccccc86)c6ccccc6-7)c5)n4)c3)c2)cc1. The molecule has 0 saturated heterocycles. The smallest absolute Gasteiger partial charge is 0.164 e. The highest BCUT2D eigenvalue weighted by atomic mass is 15.0. The van der Waals surface area contributed by atoms with Crippen molar-refractivity contribution in [2.24, 2.45) is 0 Å². The minimum atomic E-state index is -0.473. The van der Waals surface area contributed by atoms with Crippen LogP contribution in [0.4, 0.5) is 0 Å². The fourth-order valence-electron chi connectivity index (χ4n) is 14.0. The van der Waals surface area contributed by atoms with Gasteiger partial charge in [0, 0.05) is 33.2 Å². The zero-order valence-electron chi connectivity index (χ0n) is 46.8. The van der Waals surface area contributed by atoms with Gasteiger partial charge in [-0.3, -0.25) is 0 Å². The lowest BCUT2D eigenvalue weighted by Crippen LogP contribution is -2.26. The fraction of sp³-hybridized carbons (Fsp3) is 0.0122. The van der Waals surface area contributed by atoms with Crippen molar-refractivity contribution in [1.29, 1.82) is 0 Å². The Balaban J connectivity index is 0.828. The van der Waals surface area contributed by atoms with Crippen molar-refractivity contribution in [3.8, 4) is 118 Å². The summed E-state index contributed by atoms with van der Waals surface area (Å²) in [5, 5.41) is 2.36. The van der Waals surface area contributed by atoms with Crippen molar-refractivity contribution >= 4 is 21.8 Å². The molecule has 400 valence electrons. The van der Waals surface area contributed by atoms with Gasteiger partial charge in [-0.25, -0.2) is 15.0 Å². The second kappa shape index (κ2) is 19.9. The average Bonchev–Trinajstić information content (AvgIpc) is 1.54. The van der Waals surface area contributed by atoms with Gasteiger partial charge in [-0.1, -0.05) is 255 Å². The predicted octanol–water partition coefficient (Wildman–Crippen LogP) is 20.6. The largest absolute Gasteiger partial charge is 0.309 e. The van der Waals surface area contributed by atoms with E-state index in [-0.39, 0.29) is 0 Å². The zero-order valence-corrected chi connectivity index (χ0v) is 46.8. The van der Waals surface area contributed by atoms with E-state index in [9.17, 15) is 0 Å². The number of hydrogen-bond acceptors (Lipinski definition) is 3. The van der Waals surface area contributed by atoms with Gasteiger partial charge < -0.3 is 4.57 Å². The zero-order chi connectivity index (χ0) is 56.7. The first kappa shape index (κ1) is 49.3. The number of rotatable bonds is 9. The molecule has 0 saturated carbocycles. The Morgan fingerprint density at radius 3 is 1.16 bits per heavy atom. The quantitative estimate of drug-likeness (QED) is 0.145. The lowest BCUT2D eigenvalue weighted by Gasteiger charge is -2.30. The monoisotopic (exact) mass is 1090 g/mol. The molecule has 0 atom stereocenters. The molecule has 2 aromatic heterocycles. The highest BCUT2D eigenvalue weighted by molar-refractivity contribution is 6.17. The molecule has 0 unspecified atom stereocenters. The maximum absolute atomic E-state index is 5.38. The van der Waals surface area contributed by atoms with Crippen molar-refractivity contribution in [1.82, 2.24) is 19.5 Å². The van der Waals surface area contributed by atoms with Crippen LogP contribution >= 0.6 is 0 Å². The van der Waals surface area contributed by atoms with E-state index in [1.807, 2.05) is 18.2 Å². The summed E-state index contributed by atoms with van der Waals surface area (Å²) in [5.74, 6) is 1.81. The van der Waals surface area contributed by atoms with Crippen LogP contribution in [0.2, 0.25) is 0 Å². The Kier molecular flexibility index (Phi) is 11.4. The van der Waals surface area contributed by atoms with E-state index >= 15 is 0 Å². The van der Waals surface area contributed by atoms with Gasteiger partial charge in [0.15, 0.2) is 17.5 Å². The first-order chi connectivity index (χ1) is 42.6. The second-order valence-corrected chi connectivity index (χ2v) is 22.6. The Hall–Kier alpha value is -11.3. The molecule has 86 heavy (non-hydrogen) atoms. The Morgan fingerprint density at radius 2 is 0.605 bits per heavy atom. The lowest BCUT2D eigenvalue weighted by atomic mass is 9.70. The van der Waals surface area contributed by atoms with E-state index in [2.05, 4.69) is 302 Å². The van der Waals surface area contributed by atoms with E-state index < -0.39 is 5.41 Å². The first-order valence-corrected chi connectivity index (χ1v) is 29.5. The fourth-order valence-corrected chi connectivity index (χ4v) is 14.0. The van der Waals surface area contributed by atoms with Crippen molar-refractivity contribution in [3.05, 3.63) is 338 Å². The summed E-state index contributed by atoms with van der Waals surface area (Å²) in [6, 6.07) is 115. The van der Waals surface area contributed by atoms with Crippen molar-refractivity contribution in [3.63, 3.8) is 0 Å². The normalized spacial score (nSPS) is 12.5. The third kappa shape index (κ3) is 7.88. The summed E-state index contributed by atoms with van der Waals surface area (Å²) in [5.41, 5.74) is 27.4. The van der Waals surface area contributed by atoms with Gasteiger partial charge in [0.05, 0.1) is 16.4 Å². The number of nitrogens with zero attached hydrogens (tertiary/aromatic N) is 4. The van der Waals surface area contributed by atoms with E-state index in [4.69, 9.17) is 15.0 Å². The molecule has 0 N–H and O–H groups in total. The van der Waals surface area contributed by atoms with Crippen LogP contribution in [-0.4, -0.2) is 19.5 Å². The van der Waals surface area contributed by atoms with E-state index in [1.165, 1.54) is 77.5 Å². The molecule has 4 nitrogen and oxygen atoms in total. The van der Waals surface area contributed by atoms with Crippen LogP contribution in [0, 0.1) is 0 Å². The Labute approximate surface area is 499 Å². The maximum atomic E-state index is 5.38. The standard InChI is InChI=1S/C82H52N4/c1-5-22-53(23-6-1)58-42-45-76-71(51-58)78-66(37-21-41-77(78)86(76)65-43-44-70-69-36-15-18-40-74(69)82(75(70)52-65)72-38-16-13-34-67(72)68-35-14-17-39-73(68)82)59-31-20-33-61(47-59)81-84-79(56-28-11-4-12-29-56)83-80(85-81)60-32-19-30-57(46-60)64-49-62(54-24-7-2-8-25-54)48-63(50-64)55-26-9-3-10-27-55/h1-52H. The molecule has 2 aliphatic rings. The summed E-state index contributed by atoms with van der Waals surface area (Å²) < 4.78 is 2.50. The minimum absolute atomic E-state index is 0.473. The molecule has 0 bridgehead atoms. The third-order valence-corrected chi connectivity index (χ3v) is 17.8. The van der Waals surface area contributed by atoms with Crippen LogP contribution in [-0.2, 0) is 5.41 Å². The summed E-state index contributed by atoms with van der Waals surface area (Å²) in [6.07, 6.45) is 0. The first-order valence-electron chi connectivity index (χ1n) is 29.5. The molecule has 0 fully saturated rings. The number of hydrogen-bond donors (Lipinski definition) is 0. The Bertz CT molecular complexity index is 5040. The van der Waals surface area contributed by atoms with E-state index in [0.29, 0.717) is 17.5 Å². The molecule has 0 radical (unpaired) electrons. The molecular formula is C82H52N4. The van der Waals surface area contributed by atoms with Gasteiger partial charge >= 0.3 is 0 Å². The molecule has 15 aromatic rings. The highest BCUT2D eigenvalue weighted by Gasteiger charge is 2.51. The Morgan fingerprint density at radius 1 is 0.221 bits per heavy atom. The van der Waals surface area contributed by atoms with Crippen LogP contribution in [0.15, 0.2) is 315 Å². The molecule has 1 spiro atoms. The molecule has 0 aliphatic heterocycles. The second-order valence-electron chi connectivity index (χ2n) is 22.6. The van der Waals surface area contributed by atoms with Crippen LogP contribution in [0.1, 0.15) is 22.3 Å². The van der Waals surface area contributed by atoms with Crippen LogP contribution in [0.25, 0.3) is 140 Å². The lowest BCUT2D eigenvalue weighted by molar-refractivity contribution is 0.792. The summed E-state index contributed by atoms with van der Waals surface area (Å²) in [6.45, 7) is 0. The van der Waals surface area contributed by atoms with Gasteiger partial charge in [-0.15, -0.1) is 0 Å². The van der Waals surface area contributed by atoms with Crippen molar-refractivity contribution in [2.75, 3.05) is 0 Å². The van der Waals surface area contributed by atoms with Gasteiger partial charge in [0.2, 0.25) is 0 Å². The minimum Gasteiger partial charge on any atom is -0.309 e. The topological polar surface area (TPSA) is 43.6 Å². The maximum Gasteiger partial charge on any atom is 0.164 e. The third-order valence-electron chi connectivity index (χ3n) is 17.8. The predicted molar refractivity (Wildman–Crippen MR) is 354 cm³/mol.